The number of rotatable bonds is 2. The highest BCUT2D eigenvalue weighted by Gasteiger charge is 2.16. The Balaban J connectivity index is 2.29. The number of hydrogen-bond acceptors (Lipinski definition) is 3. The molecule has 0 saturated carbocycles. The van der Waals surface area contributed by atoms with Gasteiger partial charge in [-0.3, -0.25) is 0 Å². The molecule has 3 heteroatoms. The van der Waals surface area contributed by atoms with Crippen molar-refractivity contribution >= 4 is 6.08 Å². The van der Waals surface area contributed by atoms with Gasteiger partial charge in [0.05, 0.1) is 5.60 Å². The highest BCUT2D eigenvalue weighted by molar-refractivity contribution is 5.59. The average Bonchev–Trinajstić information content (AvgIpc) is 2.63. The second kappa shape index (κ2) is 3.83. The first-order valence-electron chi connectivity index (χ1n) is 5.27. The lowest BCUT2D eigenvalue weighted by Crippen LogP contribution is -2.19. The first-order chi connectivity index (χ1) is 7.47. The quantitative estimate of drug-likeness (QED) is 0.832. The highest BCUT2D eigenvalue weighted by Crippen LogP contribution is 2.33. The summed E-state index contributed by atoms with van der Waals surface area (Å²) in [5.41, 5.74) is 1.12. The van der Waals surface area contributed by atoms with Crippen molar-refractivity contribution in [2.45, 2.75) is 26.4 Å². The van der Waals surface area contributed by atoms with Gasteiger partial charge in [0, 0.05) is 0 Å². The van der Waals surface area contributed by atoms with Crippen molar-refractivity contribution < 1.29 is 14.6 Å². The summed E-state index contributed by atoms with van der Waals surface area (Å²) >= 11 is 0. The highest BCUT2D eigenvalue weighted by atomic mass is 16.7. The molecule has 16 heavy (non-hydrogen) atoms. The van der Waals surface area contributed by atoms with Gasteiger partial charge in [-0.15, -0.1) is 0 Å². The van der Waals surface area contributed by atoms with Crippen molar-refractivity contribution in [2.75, 3.05) is 6.79 Å². The van der Waals surface area contributed by atoms with E-state index >= 15 is 0 Å². The molecule has 0 bridgehead atoms. The molecule has 1 aliphatic rings. The van der Waals surface area contributed by atoms with Crippen molar-refractivity contribution in [3.63, 3.8) is 0 Å². The van der Waals surface area contributed by atoms with Gasteiger partial charge in [0.15, 0.2) is 11.5 Å². The number of aliphatic hydroxyl groups is 1. The maximum atomic E-state index is 9.82. The zero-order valence-corrected chi connectivity index (χ0v) is 9.78. The van der Waals surface area contributed by atoms with Crippen molar-refractivity contribution in [1.29, 1.82) is 0 Å². The summed E-state index contributed by atoms with van der Waals surface area (Å²) < 4.78 is 10.5. The van der Waals surface area contributed by atoms with Crippen LogP contribution in [0.25, 0.3) is 6.08 Å². The maximum absolute atomic E-state index is 9.82. The molecular formula is C13H16O3. The predicted molar refractivity (Wildman–Crippen MR) is 62.5 cm³/mol. The topological polar surface area (TPSA) is 38.7 Å². The molecule has 0 aromatic heterocycles. The fourth-order valence-corrected chi connectivity index (χ4v) is 1.43. The predicted octanol–water partition coefficient (Wildman–Crippen LogP) is 2.59. The van der Waals surface area contributed by atoms with Gasteiger partial charge in [-0.2, -0.15) is 0 Å². The summed E-state index contributed by atoms with van der Waals surface area (Å²) in [5.74, 6) is 1.54. The Morgan fingerprint density at radius 2 is 2.00 bits per heavy atom. The maximum Gasteiger partial charge on any atom is 0.231 e. The third-order valence-corrected chi connectivity index (χ3v) is 2.74. The van der Waals surface area contributed by atoms with Crippen molar-refractivity contribution in [3.8, 4) is 11.5 Å². The van der Waals surface area contributed by atoms with Gasteiger partial charge in [0.1, 0.15) is 0 Å². The molecule has 0 unspecified atom stereocenters. The van der Waals surface area contributed by atoms with Gasteiger partial charge in [-0.1, -0.05) is 12.1 Å². The fraction of sp³-hybridized carbons (Fsp3) is 0.385. The number of benzene rings is 1. The molecule has 1 aliphatic heterocycles. The average molecular weight is 220 g/mol. The first-order valence-corrected chi connectivity index (χ1v) is 5.27. The molecule has 1 aromatic carbocycles. The molecule has 1 heterocycles. The van der Waals surface area contributed by atoms with Gasteiger partial charge in [0.2, 0.25) is 6.79 Å². The third kappa shape index (κ3) is 2.19. The minimum absolute atomic E-state index is 0.285. The molecule has 0 saturated heterocycles. The van der Waals surface area contributed by atoms with Crippen LogP contribution in [0.2, 0.25) is 0 Å². The van der Waals surface area contributed by atoms with Crippen molar-refractivity contribution in [1.82, 2.24) is 0 Å². The van der Waals surface area contributed by atoms with E-state index < -0.39 is 5.60 Å². The van der Waals surface area contributed by atoms with E-state index in [-0.39, 0.29) is 6.79 Å². The van der Waals surface area contributed by atoms with Crippen LogP contribution in [0.5, 0.6) is 11.5 Å². The lowest BCUT2D eigenvalue weighted by Gasteiger charge is -2.18. The van der Waals surface area contributed by atoms with Crippen LogP contribution in [0.1, 0.15) is 26.3 Å². The lowest BCUT2D eigenvalue weighted by atomic mass is 9.97. The summed E-state index contributed by atoms with van der Waals surface area (Å²) in [7, 11) is 0. The van der Waals surface area contributed by atoms with E-state index in [2.05, 4.69) is 0 Å². The smallest absolute Gasteiger partial charge is 0.231 e. The van der Waals surface area contributed by atoms with Crippen LogP contribution in [-0.4, -0.2) is 17.5 Å². The molecule has 3 nitrogen and oxygen atoms in total. The Hall–Kier alpha value is -1.48. The summed E-state index contributed by atoms with van der Waals surface area (Å²) in [6, 6.07) is 5.74. The van der Waals surface area contributed by atoms with E-state index in [1.165, 1.54) is 0 Å². The molecular weight excluding hydrogens is 204 g/mol. The van der Waals surface area contributed by atoms with Crippen LogP contribution >= 0.6 is 0 Å². The van der Waals surface area contributed by atoms with E-state index in [1.807, 2.05) is 31.2 Å². The SMILES string of the molecule is C/C(=C\c1ccc2c(c1)OCO2)C(C)(C)O. The number of fused-ring (bicyclic) bond motifs is 1. The molecule has 0 spiro atoms. The number of hydrogen-bond donors (Lipinski definition) is 1. The lowest BCUT2D eigenvalue weighted by molar-refractivity contribution is 0.121. The molecule has 0 amide bonds. The molecule has 0 radical (unpaired) electrons. The molecule has 0 atom stereocenters. The Morgan fingerprint density at radius 3 is 2.69 bits per heavy atom. The summed E-state index contributed by atoms with van der Waals surface area (Å²) in [6.45, 7) is 5.73. The Kier molecular flexibility index (Phi) is 2.64. The van der Waals surface area contributed by atoms with Crippen LogP contribution < -0.4 is 9.47 Å². The Morgan fingerprint density at radius 1 is 1.31 bits per heavy atom. The molecule has 2 rings (SSSR count). The van der Waals surface area contributed by atoms with Crippen LogP contribution in [-0.2, 0) is 0 Å². The van der Waals surface area contributed by atoms with E-state index in [4.69, 9.17) is 9.47 Å². The third-order valence-electron chi connectivity index (χ3n) is 2.74. The van der Waals surface area contributed by atoms with E-state index in [0.717, 1.165) is 22.6 Å². The standard InChI is InChI=1S/C13H16O3/c1-9(13(2,3)14)6-10-4-5-11-12(7-10)16-8-15-11/h4-7,14H,8H2,1-3H3/b9-6+. The summed E-state index contributed by atoms with van der Waals surface area (Å²) in [5, 5.41) is 9.82. The molecule has 1 aromatic rings. The van der Waals surface area contributed by atoms with Gasteiger partial charge in [-0.05, 0) is 44.0 Å². The first kappa shape index (κ1) is 11.0. The summed E-state index contributed by atoms with van der Waals surface area (Å²) in [4.78, 5) is 0. The van der Waals surface area contributed by atoms with E-state index in [0.29, 0.717) is 0 Å². The zero-order chi connectivity index (χ0) is 11.8. The Labute approximate surface area is 95.3 Å². The minimum atomic E-state index is -0.795. The normalized spacial score (nSPS) is 15.4. The van der Waals surface area contributed by atoms with Crippen LogP contribution in [0.4, 0.5) is 0 Å². The summed E-state index contributed by atoms with van der Waals surface area (Å²) in [6.07, 6.45) is 1.95. The monoisotopic (exact) mass is 220 g/mol. The molecule has 0 fully saturated rings. The van der Waals surface area contributed by atoms with Crippen LogP contribution in [0, 0.1) is 0 Å². The van der Waals surface area contributed by atoms with Gasteiger partial charge in [-0.25, -0.2) is 0 Å². The zero-order valence-electron chi connectivity index (χ0n) is 9.78. The fourth-order valence-electron chi connectivity index (χ4n) is 1.43. The van der Waals surface area contributed by atoms with Gasteiger partial charge >= 0.3 is 0 Å². The largest absolute Gasteiger partial charge is 0.454 e. The van der Waals surface area contributed by atoms with E-state index in [9.17, 15) is 5.11 Å². The second-order valence-electron chi connectivity index (χ2n) is 4.50. The number of ether oxygens (including phenoxy) is 2. The van der Waals surface area contributed by atoms with Crippen LogP contribution in [0.15, 0.2) is 23.8 Å². The Bertz CT molecular complexity index is 427. The molecule has 1 N–H and O–H groups in total. The molecule has 86 valence electrons. The van der Waals surface area contributed by atoms with Crippen molar-refractivity contribution in [3.05, 3.63) is 29.3 Å². The van der Waals surface area contributed by atoms with Gasteiger partial charge in [0.25, 0.3) is 0 Å². The van der Waals surface area contributed by atoms with E-state index in [1.54, 1.807) is 13.8 Å². The second-order valence-corrected chi connectivity index (χ2v) is 4.50. The molecule has 0 aliphatic carbocycles. The van der Waals surface area contributed by atoms with Crippen molar-refractivity contribution in [2.24, 2.45) is 0 Å². The van der Waals surface area contributed by atoms with Crippen LogP contribution in [0.3, 0.4) is 0 Å². The van der Waals surface area contributed by atoms with Gasteiger partial charge < -0.3 is 14.6 Å². The minimum Gasteiger partial charge on any atom is -0.454 e.